The number of para-hydroxylation sites is 1. The quantitative estimate of drug-likeness (QED) is 0.302. The maximum absolute atomic E-state index is 12.9. The molecule has 1 aliphatic rings. The summed E-state index contributed by atoms with van der Waals surface area (Å²) >= 11 is 0. The van der Waals surface area contributed by atoms with Crippen LogP contribution < -0.4 is 14.9 Å². The molecule has 0 saturated heterocycles. The number of ketones is 1. The number of rotatable bonds is 7. The van der Waals surface area contributed by atoms with Gasteiger partial charge in [0.2, 0.25) is 15.8 Å². The molecule has 0 spiro atoms. The van der Waals surface area contributed by atoms with Crippen molar-refractivity contribution in [2.45, 2.75) is 27.2 Å². The van der Waals surface area contributed by atoms with Gasteiger partial charge in [-0.3, -0.25) is 14.3 Å². The van der Waals surface area contributed by atoms with E-state index in [4.69, 9.17) is 11.2 Å². The molecule has 0 unspecified atom stereocenters. The molecule has 0 radical (unpaired) electrons. The fourth-order valence-electron chi connectivity index (χ4n) is 3.96. The first-order chi connectivity index (χ1) is 16.6. The van der Waals surface area contributed by atoms with Crippen molar-refractivity contribution in [3.8, 4) is 29.5 Å². The number of ether oxygens (including phenoxy) is 1. The fourth-order valence-corrected chi connectivity index (χ4v) is 4.59. The monoisotopic (exact) mass is 488 g/mol. The van der Waals surface area contributed by atoms with Crippen LogP contribution in [0.25, 0.3) is 11.8 Å². The zero-order valence-corrected chi connectivity index (χ0v) is 20.4. The molecule has 0 bridgehead atoms. The van der Waals surface area contributed by atoms with Crippen molar-refractivity contribution in [2.75, 3.05) is 10.5 Å². The maximum Gasteiger partial charge on any atom is 0.241 e. The number of anilines is 1. The predicted octanol–water partition coefficient (Wildman–Crippen LogP) is 4.39. The van der Waals surface area contributed by atoms with E-state index in [1.807, 2.05) is 44.0 Å². The molecule has 7 nitrogen and oxygen atoms in total. The number of aryl methyl sites for hydroxylation is 2. The van der Waals surface area contributed by atoms with Crippen molar-refractivity contribution < 1.29 is 17.9 Å². The van der Waals surface area contributed by atoms with Crippen molar-refractivity contribution >= 4 is 27.6 Å². The van der Waals surface area contributed by atoms with Crippen molar-refractivity contribution in [1.82, 2.24) is 4.57 Å². The lowest BCUT2D eigenvalue weighted by Gasteiger charge is -2.20. The second kappa shape index (κ2) is 9.28. The normalized spacial score (nSPS) is 12.2. The number of hydrogen-bond donors (Lipinski definition) is 1. The largest absolute Gasteiger partial charge is 0.455 e. The molecule has 3 aromatic rings. The van der Waals surface area contributed by atoms with Crippen LogP contribution in [0.5, 0.6) is 11.5 Å². The van der Waals surface area contributed by atoms with Crippen LogP contribution in [0, 0.1) is 26.2 Å². The lowest BCUT2D eigenvalue weighted by molar-refractivity contribution is 0.105. The summed E-state index contributed by atoms with van der Waals surface area (Å²) in [4.78, 5) is 25.3. The predicted molar refractivity (Wildman–Crippen MR) is 137 cm³/mol. The third kappa shape index (κ3) is 4.63. The van der Waals surface area contributed by atoms with E-state index in [1.165, 1.54) is 6.20 Å². The van der Waals surface area contributed by atoms with Crippen LogP contribution in [-0.2, 0) is 16.4 Å². The van der Waals surface area contributed by atoms with Crippen LogP contribution in [0.15, 0.2) is 53.5 Å². The van der Waals surface area contributed by atoms with Gasteiger partial charge in [0.1, 0.15) is 5.75 Å². The molecule has 1 N–H and O–H groups in total. The van der Waals surface area contributed by atoms with E-state index in [0.717, 1.165) is 11.1 Å². The average molecular weight is 489 g/mol. The number of nitrogens with zero attached hydrogens (tertiary/aromatic N) is 1. The summed E-state index contributed by atoms with van der Waals surface area (Å²) in [6.45, 7) is 5.39. The molecule has 8 heteroatoms. The topological polar surface area (TPSA) is 94.5 Å². The van der Waals surface area contributed by atoms with Gasteiger partial charge in [0.05, 0.1) is 28.4 Å². The number of hydrogen-bond acceptors (Lipinski definition) is 5. The standard InChI is InChI=1S/C27H24N2O5S/c1-5-24(30)21-16-29(22-12-8-11-20(22)26(21)31)23-15-19(28-35(32,33)6-2)13-14-25(23)34-27-17(3)9-7-10-18(27)4/h1,7-10,12-16,28H,6,11H2,2-4H3. The van der Waals surface area contributed by atoms with Gasteiger partial charge < -0.3 is 9.30 Å². The van der Waals surface area contributed by atoms with Crippen LogP contribution in [0.2, 0.25) is 0 Å². The lowest BCUT2D eigenvalue weighted by atomic mass is 10.1. The molecule has 0 amide bonds. The third-order valence-corrected chi connectivity index (χ3v) is 7.12. The first-order valence-electron chi connectivity index (χ1n) is 11.0. The van der Waals surface area contributed by atoms with Gasteiger partial charge in [-0.1, -0.05) is 24.3 Å². The van der Waals surface area contributed by atoms with Gasteiger partial charge in [-0.25, -0.2) is 8.42 Å². The number of carbonyl (C=O) groups is 1. The van der Waals surface area contributed by atoms with Crippen LogP contribution in [0.1, 0.15) is 39.7 Å². The highest BCUT2D eigenvalue weighted by Crippen LogP contribution is 2.36. The van der Waals surface area contributed by atoms with Gasteiger partial charge in [0, 0.05) is 11.8 Å². The summed E-state index contributed by atoms with van der Waals surface area (Å²) in [6, 6.07) is 10.6. The van der Waals surface area contributed by atoms with Crippen LogP contribution in [0.4, 0.5) is 5.69 Å². The van der Waals surface area contributed by atoms with Crippen molar-refractivity contribution in [3.63, 3.8) is 0 Å². The van der Waals surface area contributed by atoms with Gasteiger partial charge in [-0.05, 0) is 68.5 Å². The number of allylic oxidation sites excluding steroid dienone is 1. The molecule has 0 fully saturated rings. The molecule has 0 aliphatic heterocycles. The minimum Gasteiger partial charge on any atom is -0.455 e. The first kappa shape index (κ1) is 24.0. The molecule has 4 rings (SSSR count). The highest BCUT2D eigenvalue weighted by atomic mass is 32.2. The Labute approximate surface area is 204 Å². The number of carbonyl (C=O) groups excluding carboxylic acids is 1. The van der Waals surface area contributed by atoms with E-state index in [1.54, 1.807) is 35.8 Å². The number of pyridine rings is 1. The van der Waals surface area contributed by atoms with Crippen molar-refractivity contribution in [1.29, 1.82) is 0 Å². The maximum atomic E-state index is 12.9. The third-order valence-electron chi connectivity index (χ3n) is 5.81. The fraction of sp³-hybridized carbons (Fsp3) is 0.185. The first-order valence-corrected chi connectivity index (χ1v) is 12.7. The minimum absolute atomic E-state index is 0.0973. The van der Waals surface area contributed by atoms with Crippen LogP contribution in [-0.4, -0.2) is 24.5 Å². The molecule has 2 aromatic carbocycles. The Morgan fingerprint density at radius 1 is 1.20 bits per heavy atom. The number of nitrogens with one attached hydrogen (secondary N) is 1. The summed E-state index contributed by atoms with van der Waals surface area (Å²) < 4.78 is 35.0. The number of Topliss-reactive ketones (excluding diaryl/α,β-unsaturated/α-hetero) is 1. The van der Waals surface area contributed by atoms with Crippen molar-refractivity contribution in [2.24, 2.45) is 0 Å². The van der Waals surface area contributed by atoms with Gasteiger partial charge >= 0.3 is 0 Å². The second-order valence-corrected chi connectivity index (χ2v) is 10.2. The number of fused-ring (bicyclic) bond motifs is 1. The average Bonchev–Trinajstić information content (AvgIpc) is 3.32. The zero-order valence-electron chi connectivity index (χ0n) is 19.6. The van der Waals surface area contributed by atoms with Crippen molar-refractivity contribution in [3.05, 3.63) is 86.8 Å². The van der Waals surface area contributed by atoms with E-state index in [-0.39, 0.29) is 11.3 Å². The second-order valence-electron chi connectivity index (χ2n) is 8.20. The van der Waals surface area contributed by atoms with Gasteiger partial charge in [-0.2, -0.15) is 0 Å². The van der Waals surface area contributed by atoms with E-state index in [2.05, 4.69) is 4.72 Å². The Kier molecular flexibility index (Phi) is 6.37. The van der Waals surface area contributed by atoms with Crippen LogP contribution in [0.3, 0.4) is 0 Å². The Balaban J connectivity index is 1.98. The molecule has 0 saturated carbocycles. The van der Waals surface area contributed by atoms with Gasteiger partial charge in [0.25, 0.3) is 0 Å². The molecule has 1 aromatic heterocycles. The summed E-state index contributed by atoms with van der Waals surface area (Å²) in [5.74, 6) is 2.26. The van der Waals surface area contributed by atoms with Gasteiger partial charge in [0.15, 0.2) is 11.2 Å². The molecular formula is C27H24N2O5S. The number of aromatic nitrogens is 1. The minimum atomic E-state index is -3.55. The SMILES string of the molecule is C#CC(=O)c1cn(-c2cc(NS(=O)(=O)CC)ccc2Oc2c(C)cccc2C)c2c(c1=O)CC=C2. The summed E-state index contributed by atoms with van der Waals surface area (Å²) in [7, 11) is -3.55. The molecule has 178 valence electrons. The van der Waals surface area contributed by atoms with E-state index in [0.29, 0.717) is 40.6 Å². The molecule has 0 atom stereocenters. The number of terminal acetylenes is 1. The number of sulfonamides is 1. The van der Waals surface area contributed by atoms with E-state index < -0.39 is 21.2 Å². The molecular weight excluding hydrogens is 464 g/mol. The summed E-state index contributed by atoms with van der Waals surface area (Å²) in [5, 5.41) is 0. The molecule has 1 heterocycles. The smallest absolute Gasteiger partial charge is 0.241 e. The zero-order chi connectivity index (χ0) is 25.3. The van der Waals surface area contributed by atoms with Gasteiger partial charge in [-0.15, -0.1) is 6.42 Å². The highest BCUT2D eigenvalue weighted by Gasteiger charge is 2.23. The summed E-state index contributed by atoms with van der Waals surface area (Å²) in [6.07, 6.45) is 10.7. The van der Waals surface area contributed by atoms with E-state index in [9.17, 15) is 18.0 Å². The Morgan fingerprint density at radius 2 is 1.91 bits per heavy atom. The Morgan fingerprint density at radius 3 is 2.57 bits per heavy atom. The lowest BCUT2D eigenvalue weighted by Crippen LogP contribution is -2.22. The van der Waals surface area contributed by atoms with Crippen LogP contribution >= 0.6 is 0 Å². The molecule has 35 heavy (non-hydrogen) atoms. The Hall–Kier alpha value is -4.09. The molecule has 1 aliphatic carbocycles. The highest BCUT2D eigenvalue weighted by molar-refractivity contribution is 7.92. The number of benzene rings is 2. The van der Waals surface area contributed by atoms with E-state index >= 15 is 0 Å². The summed E-state index contributed by atoms with van der Waals surface area (Å²) in [5.41, 5.74) is 3.05. The Bertz CT molecular complexity index is 1570.